The number of aliphatic hydroxyl groups is 1. The van der Waals surface area contributed by atoms with Crippen molar-refractivity contribution in [3.8, 4) is 0 Å². The van der Waals surface area contributed by atoms with Gasteiger partial charge in [-0.15, -0.1) is 0 Å². The quantitative estimate of drug-likeness (QED) is 0.770. The predicted molar refractivity (Wildman–Crippen MR) is 58.6 cm³/mol. The maximum Gasteiger partial charge on any atom is 0.139 e. The van der Waals surface area contributed by atoms with Gasteiger partial charge in [-0.2, -0.15) is 0 Å². The van der Waals surface area contributed by atoms with Crippen LogP contribution in [0.5, 0.6) is 0 Å². The SMILES string of the molecule is Nc1c(Cl)cccc1C(O)c1ccco1. The molecular weight excluding hydrogens is 214 g/mol. The van der Waals surface area contributed by atoms with Crippen molar-refractivity contribution in [3.05, 3.63) is 52.9 Å². The van der Waals surface area contributed by atoms with E-state index in [-0.39, 0.29) is 0 Å². The number of hydrogen-bond donors (Lipinski definition) is 2. The molecule has 0 radical (unpaired) electrons. The number of para-hydroxylation sites is 1. The van der Waals surface area contributed by atoms with Crippen molar-refractivity contribution in [2.75, 3.05) is 5.73 Å². The van der Waals surface area contributed by atoms with Crippen LogP contribution < -0.4 is 5.73 Å². The average molecular weight is 224 g/mol. The van der Waals surface area contributed by atoms with E-state index in [1.54, 1.807) is 30.3 Å². The van der Waals surface area contributed by atoms with Gasteiger partial charge in [-0.1, -0.05) is 23.7 Å². The molecule has 0 aliphatic heterocycles. The summed E-state index contributed by atoms with van der Waals surface area (Å²) in [5, 5.41) is 10.4. The first-order valence-electron chi connectivity index (χ1n) is 4.45. The van der Waals surface area contributed by atoms with Gasteiger partial charge >= 0.3 is 0 Å². The molecule has 1 aromatic heterocycles. The summed E-state index contributed by atoms with van der Waals surface area (Å²) >= 11 is 5.85. The minimum atomic E-state index is -0.876. The van der Waals surface area contributed by atoms with Crippen molar-refractivity contribution < 1.29 is 9.52 Å². The first-order valence-corrected chi connectivity index (χ1v) is 4.83. The fourth-order valence-electron chi connectivity index (χ4n) is 1.39. The molecule has 4 heteroatoms. The number of anilines is 1. The Balaban J connectivity index is 2.42. The van der Waals surface area contributed by atoms with E-state index in [0.717, 1.165) is 0 Å². The van der Waals surface area contributed by atoms with Gasteiger partial charge in [-0.05, 0) is 18.2 Å². The van der Waals surface area contributed by atoms with E-state index < -0.39 is 6.10 Å². The molecular formula is C11H10ClNO2. The van der Waals surface area contributed by atoms with Gasteiger partial charge in [0.05, 0.1) is 17.0 Å². The van der Waals surface area contributed by atoms with Crippen LogP contribution in [0.25, 0.3) is 0 Å². The van der Waals surface area contributed by atoms with E-state index in [2.05, 4.69) is 0 Å². The van der Waals surface area contributed by atoms with E-state index in [1.165, 1.54) is 6.26 Å². The van der Waals surface area contributed by atoms with Crippen molar-refractivity contribution in [3.63, 3.8) is 0 Å². The third-order valence-corrected chi connectivity index (χ3v) is 2.52. The summed E-state index contributed by atoms with van der Waals surface area (Å²) in [7, 11) is 0. The largest absolute Gasteiger partial charge is 0.466 e. The van der Waals surface area contributed by atoms with Crippen molar-refractivity contribution in [1.82, 2.24) is 0 Å². The summed E-state index contributed by atoms with van der Waals surface area (Å²) < 4.78 is 5.10. The van der Waals surface area contributed by atoms with Crippen molar-refractivity contribution >= 4 is 17.3 Å². The highest BCUT2D eigenvalue weighted by atomic mass is 35.5. The third-order valence-electron chi connectivity index (χ3n) is 2.19. The number of nitrogens with two attached hydrogens (primary N) is 1. The van der Waals surface area contributed by atoms with Crippen LogP contribution in [0, 0.1) is 0 Å². The molecule has 78 valence electrons. The Morgan fingerprint density at radius 2 is 2.07 bits per heavy atom. The minimum Gasteiger partial charge on any atom is -0.466 e. The number of benzene rings is 1. The van der Waals surface area contributed by atoms with Gasteiger partial charge in [0.1, 0.15) is 11.9 Å². The molecule has 0 saturated carbocycles. The molecule has 0 aliphatic rings. The smallest absolute Gasteiger partial charge is 0.139 e. The Labute approximate surface area is 92.1 Å². The van der Waals surface area contributed by atoms with E-state index in [4.69, 9.17) is 21.8 Å². The predicted octanol–water partition coefficient (Wildman–Crippen LogP) is 2.60. The number of furan rings is 1. The monoisotopic (exact) mass is 223 g/mol. The van der Waals surface area contributed by atoms with Crippen molar-refractivity contribution in [2.45, 2.75) is 6.10 Å². The van der Waals surface area contributed by atoms with E-state index in [1.807, 2.05) is 0 Å². The molecule has 0 saturated heterocycles. The van der Waals surface area contributed by atoms with Crippen LogP contribution in [0.15, 0.2) is 41.0 Å². The van der Waals surface area contributed by atoms with Gasteiger partial charge in [0.2, 0.25) is 0 Å². The molecule has 0 amide bonds. The maximum atomic E-state index is 9.95. The molecule has 2 rings (SSSR count). The number of rotatable bonds is 2. The second-order valence-corrected chi connectivity index (χ2v) is 3.57. The molecule has 0 spiro atoms. The maximum absolute atomic E-state index is 9.95. The Hall–Kier alpha value is -1.45. The zero-order chi connectivity index (χ0) is 10.8. The molecule has 0 bridgehead atoms. The molecule has 15 heavy (non-hydrogen) atoms. The Morgan fingerprint density at radius 1 is 1.27 bits per heavy atom. The summed E-state index contributed by atoms with van der Waals surface area (Å²) in [4.78, 5) is 0. The Morgan fingerprint density at radius 3 is 2.73 bits per heavy atom. The van der Waals surface area contributed by atoms with Crippen LogP contribution in [-0.2, 0) is 0 Å². The summed E-state index contributed by atoms with van der Waals surface area (Å²) in [5.74, 6) is 0.448. The normalized spacial score (nSPS) is 12.7. The summed E-state index contributed by atoms with van der Waals surface area (Å²) in [6, 6.07) is 8.52. The summed E-state index contributed by atoms with van der Waals surface area (Å²) in [6.45, 7) is 0. The van der Waals surface area contributed by atoms with Gasteiger partial charge in [-0.25, -0.2) is 0 Å². The topological polar surface area (TPSA) is 59.4 Å². The molecule has 1 heterocycles. The van der Waals surface area contributed by atoms with Gasteiger partial charge in [0.25, 0.3) is 0 Å². The lowest BCUT2D eigenvalue weighted by Crippen LogP contribution is -2.03. The molecule has 0 fully saturated rings. The molecule has 1 unspecified atom stereocenters. The average Bonchev–Trinajstić information content (AvgIpc) is 2.74. The lowest BCUT2D eigenvalue weighted by molar-refractivity contribution is 0.190. The van der Waals surface area contributed by atoms with Crippen LogP contribution in [-0.4, -0.2) is 5.11 Å². The lowest BCUT2D eigenvalue weighted by atomic mass is 10.1. The first kappa shape index (κ1) is 10.1. The van der Waals surface area contributed by atoms with Gasteiger partial charge in [0, 0.05) is 5.56 Å². The minimum absolute atomic E-state index is 0.378. The van der Waals surface area contributed by atoms with E-state index >= 15 is 0 Å². The Bertz CT molecular complexity index is 454. The molecule has 3 nitrogen and oxygen atoms in total. The molecule has 0 aliphatic carbocycles. The Kier molecular flexibility index (Phi) is 2.66. The second kappa shape index (κ2) is 3.96. The summed E-state index contributed by atoms with van der Waals surface area (Å²) in [6.07, 6.45) is 0.623. The second-order valence-electron chi connectivity index (χ2n) is 3.16. The number of hydrogen-bond acceptors (Lipinski definition) is 3. The molecule has 2 aromatic rings. The number of halogens is 1. The third kappa shape index (κ3) is 1.84. The number of nitrogen functional groups attached to an aromatic ring is 1. The van der Waals surface area contributed by atoms with Crippen LogP contribution in [0.2, 0.25) is 5.02 Å². The van der Waals surface area contributed by atoms with E-state index in [0.29, 0.717) is 22.0 Å². The van der Waals surface area contributed by atoms with Crippen LogP contribution >= 0.6 is 11.6 Å². The number of aliphatic hydroxyl groups excluding tert-OH is 1. The highest BCUT2D eigenvalue weighted by Gasteiger charge is 2.16. The van der Waals surface area contributed by atoms with Crippen molar-refractivity contribution in [2.24, 2.45) is 0 Å². The fourth-order valence-corrected chi connectivity index (χ4v) is 1.57. The molecule has 1 aromatic carbocycles. The fraction of sp³-hybridized carbons (Fsp3) is 0.0909. The van der Waals surface area contributed by atoms with Gasteiger partial charge in [0.15, 0.2) is 0 Å². The first-order chi connectivity index (χ1) is 7.20. The molecule has 1 atom stereocenters. The summed E-state index contributed by atoms with van der Waals surface area (Å²) in [5.41, 5.74) is 6.69. The standard InChI is InChI=1S/C11H10ClNO2/c12-8-4-1-3-7(10(8)13)11(14)9-5-2-6-15-9/h1-6,11,14H,13H2. The van der Waals surface area contributed by atoms with Crippen LogP contribution in [0.4, 0.5) is 5.69 Å². The van der Waals surface area contributed by atoms with Gasteiger partial charge < -0.3 is 15.3 Å². The van der Waals surface area contributed by atoms with Crippen molar-refractivity contribution in [1.29, 1.82) is 0 Å². The molecule has 3 N–H and O–H groups in total. The van der Waals surface area contributed by atoms with Crippen LogP contribution in [0.3, 0.4) is 0 Å². The van der Waals surface area contributed by atoms with Gasteiger partial charge in [-0.3, -0.25) is 0 Å². The van der Waals surface area contributed by atoms with E-state index in [9.17, 15) is 5.11 Å². The highest BCUT2D eigenvalue weighted by Crippen LogP contribution is 2.31. The zero-order valence-electron chi connectivity index (χ0n) is 7.85. The highest BCUT2D eigenvalue weighted by molar-refractivity contribution is 6.33. The lowest BCUT2D eigenvalue weighted by Gasteiger charge is -2.11. The van der Waals surface area contributed by atoms with Crippen LogP contribution in [0.1, 0.15) is 17.4 Å². The zero-order valence-corrected chi connectivity index (χ0v) is 8.61.